The van der Waals surface area contributed by atoms with E-state index < -0.39 is 44.3 Å². The first-order chi connectivity index (χ1) is 10.6. The average molecular weight is 330 g/mol. The number of aldehydes is 1. The Kier molecular flexibility index (Phi) is 3.87. The van der Waals surface area contributed by atoms with E-state index in [1.807, 2.05) is 0 Å². The molecule has 0 radical (unpaired) electrons. The van der Waals surface area contributed by atoms with Gasteiger partial charge in [0.05, 0.1) is 15.4 Å². The quantitative estimate of drug-likeness (QED) is 0.480. The van der Waals surface area contributed by atoms with Gasteiger partial charge < -0.3 is 4.42 Å². The van der Waals surface area contributed by atoms with Crippen molar-refractivity contribution in [3.63, 3.8) is 0 Å². The molecule has 0 amide bonds. The molecule has 0 aliphatic carbocycles. The van der Waals surface area contributed by atoms with Gasteiger partial charge in [0.1, 0.15) is 5.76 Å². The van der Waals surface area contributed by atoms with E-state index >= 15 is 0 Å². The third kappa shape index (κ3) is 3.02. The van der Waals surface area contributed by atoms with E-state index in [0.29, 0.717) is 0 Å². The Bertz CT molecular complexity index is 776. The molecular formula is C12H5F3N2O6. The fraction of sp³-hybridized carbons (Fsp3) is 0.0833. The van der Waals surface area contributed by atoms with Crippen molar-refractivity contribution < 1.29 is 32.2 Å². The number of nitro groups is 2. The Morgan fingerprint density at radius 1 is 1.04 bits per heavy atom. The first-order valence-electron chi connectivity index (χ1n) is 5.74. The maximum absolute atomic E-state index is 12.8. The van der Waals surface area contributed by atoms with E-state index in [-0.39, 0.29) is 24.2 Å². The van der Waals surface area contributed by atoms with Crippen LogP contribution in [0.2, 0.25) is 0 Å². The number of carbonyl (C=O) groups excluding carboxylic acids is 1. The van der Waals surface area contributed by atoms with Gasteiger partial charge in [-0.05, 0) is 12.1 Å². The van der Waals surface area contributed by atoms with E-state index in [9.17, 15) is 38.2 Å². The molecular weight excluding hydrogens is 325 g/mol. The zero-order valence-corrected chi connectivity index (χ0v) is 10.9. The number of nitrogens with zero attached hydrogens (tertiary/aromatic N) is 2. The Balaban J connectivity index is 2.85. The fourth-order valence-electron chi connectivity index (χ4n) is 1.87. The molecule has 0 saturated heterocycles. The van der Waals surface area contributed by atoms with E-state index in [4.69, 9.17) is 4.42 Å². The van der Waals surface area contributed by atoms with Gasteiger partial charge in [-0.2, -0.15) is 13.2 Å². The Labute approximate surface area is 124 Å². The van der Waals surface area contributed by atoms with Gasteiger partial charge in [0.15, 0.2) is 17.6 Å². The van der Waals surface area contributed by atoms with Crippen molar-refractivity contribution in [1.29, 1.82) is 0 Å². The van der Waals surface area contributed by atoms with Crippen LogP contribution in [0.1, 0.15) is 16.1 Å². The van der Waals surface area contributed by atoms with Crippen LogP contribution in [0.4, 0.5) is 24.5 Å². The normalized spacial score (nSPS) is 11.3. The maximum atomic E-state index is 12.8. The SMILES string of the molecule is O=Cc1ccc(-c2c([N+](=O)[O-])cc(C(F)(F)F)cc2[N+](=O)[O-])o1. The monoisotopic (exact) mass is 330 g/mol. The lowest BCUT2D eigenvalue weighted by Crippen LogP contribution is -2.08. The topological polar surface area (TPSA) is 116 Å². The van der Waals surface area contributed by atoms with E-state index in [1.165, 1.54) is 0 Å². The predicted octanol–water partition coefficient (Wildman–Crippen LogP) is 3.59. The van der Waals surface area contributed by atoms with Crippen molar-refractivity contribution in [2.75, 3.05) is 0 Å². The highest BCUT2D eigenvalue weighted by Gasteiger charge is 2.38. The fourth-order valence-corrected chi connectivity index (χ4v) is 1.87. The molecule has 120 valence electrons. The molecule has 0 saturated carbocycles. The minimum atomic E-state index is -5.01. The van der Waals surface area contributed by atoms with Crippen LogP contribution in [0.3, 0.4) is 0 Å². The summed E-state index contributed by atoms with van der Waals surface area (Å²) in [5.74, 6) is -0.747. The summed E-state index contributed by atoms with van der Waals surface area (Å²) in [6, 6.07) is 2.44. The number of hydrogen-bond donors (Lipinski definition) is 0. The zero-order chi connectivity index (χ0) is 17.4. The number of alkyl halides is 3. The number of nitro benzene ring substituents is 2. The Hall–Kier alpha value is -3.24. The number of halogens is 3. The van der Waals surface area contributed by atoms with Crippen molar-refractivity contribution in [2.45, 2.75) is 6.18 Å². The summed E-state index contributed by atoms with van der Waals surface area (Å²) >= 11 is 0. The lowest BCUT2D eigenvalue weighted by Gasteiger charge is -2.08. The molecule has 0 bridgehead atoms. The van der Waals surface area contributed by atoms with Gasteiger partial charge in [0.25, 0.3) is 11.4 Å². The van der Waals surface area contributed by atoms with Crippen molar-refractivity contribution in [2.24, 2.45) is 0 Å². The van der Waals surface area contributed by atoms with Crippen molar-refractivity contribution >= 4 is 17.7 Å². The van der Waals surface area contributed by atoms with Crippen LogP contribution in [0.5, 0.6) is 0 Å². The summed E-state index contributed by atoms with van der Waals surface area (Å²) in [5, 5.41) is 22.1. The highest BCUT2D eigenvalue weighted by Crippen LogP contribution is 2.43. The average Bonchev–Trinajstić information content (AvgIpc) is 2.93. The molecule has 0 fully saturated rings. The molecule has 8 nitrogen and oxygen atoms in total. The number of benzene rings is 1. The summed E-state index contributed by atoms with van der Waals surface area (Å²) < 4.78 is 43.1. The largest absolute Gasteiger partial charge is 0.453 e. The summed E-state index contributed by atoms with van der Waals surface area (Å²) in [6.07, 6.45) is -4.77. The summed E-state index contributed by atoms with van der Waals surface area (Å²) in [6.45, 7) is 0. The van der Waals surface area contributed by atoms with E-state index in [2.05, 4.69) is 0 Å². The maximum Gasteiger partial charge on any atom is 0.416 e. The van der Waals surface area contributed by atoms with Crippen LogP contribution >= 0.6 is 0 Å². The molecule has 0 atom stereocenters. The molecule has 0 unspecified atom stereocenters. The number of carbonyl (C=O) groups is 1. The number of furan rings is 1. The number of hydrogen-bond acceptors (Lipinski definition) is 6. The zero-order valence-electron chi connectivity index (χ0n) is 10.9. The molecule has 1 aromatic heterocycles. The standard InChI is InChI=1S/C12H5F3N2O6/c13-12(14,15)6-3-8(16(19)20)11(9(4-6)17(21)22)10-2-1-7(5-18)23-10/h1-5H. The second-order valence-corrected chi connectivity index (χ2v) is 4.22. The molecule has 2 aromatic rings. The van der Waals surface area contributed by atoms with Crippen LogP contribution in [-0.4, -0.2) is 16.1 Å². The minimum Gasteiger partial charge on any atom is -0.453 e. The first-order valence-corrected chi connectivity index (χ1v) is 5.74. The van der Waals surface area contributed by atoms with Crippen LogP contribution in [0.15, 0.2) is 28.7 Å². The molecule has 2 rings (SSSR count). The highest BCUT2D eigenvalue weighted by atomic mass is 19.4. The first kappa shape index (κ1) is 16.1. The van der Waals surface area contributed by atoms with Crippen molar-refractivity contribution in [3.8, 4) is 11.3 Å². The smallest absolute Gasteiger partial charge is 0.416 e. The summed E-state index contributed by atoms with van der Waals surface area (Å²) in [5.41, 5.74) is -4.60. The Morgan fingerprint density at radius 2 is 1.57 bits per heavy atom. The predicted molar refractivity (Wildman–Crippen MR) is 67.8 cm³/mol. The molecule has 0 aliphatic heterocycles. The highest BCUT2D eigenvalue weighted by molar-refractivity contribution is 5.82. The molecule has 1 aromatic carbocycles. The molecule has 23 heavy (non-hydrogen) atoms. The van der Waals surface area contributed by atoms with Gasteiger partial charge >= 0.3 is 6.18 Å². The van der Waals surface area contributed by atoms with Gasteiger partial charge in [0, 0.05) is 12.1 Å². The van der Waals surface area contributed by atoms with Crippen LogP contribution in [0, 0.1) is 20.2 Å². The third-order valence-electron chi connectivity index (χ3n) is 2.81. The molecule has 0 spiro atoms. The van der Waals surface area contributed by atoms with Crippen molar-refractivity contribution in [1.82, 2.24) is 0 Å². The Morgan fingerprint density at radius 3 is 1.91 bits per heavy atom. The van der Waals surface area contributed by atoms with E-state index in [0.717, 1.165) is 12.1 Å². The molecule has 0 aliphatic rings. The van der Waals surface area contributed by atoms with Crippen molar-refractivity contribution in [3.05, 3.63) is 55.8 Å². The number of rotatable bonds is 4. The van der Waals surface area contributed by atoms with Gasteiger partial charge in [-0.1, -0.05) is 0 Å². The second-order valence-electron chi connectivity index (χ2n) is 4.22. The van der Waals surface area contributed by atoms with Gasteiger partial charge in [-0.15, -0.1) is 0 Å². The lowest BCUT2D eigenvalue weighted by molar-refractivity contribution is -0.393. The van der Waals surface area contributed by atoms with Gasteiger partial charge in [0.2, 0.25) is 0 Å². The van der Waals surface area contributed by atoms with Gasteiger partial charge in [-0.25, -0.2) is 0 Å². The van der Waals surface area contributed by atoms with Crippen LogP contribution in [-0.2, 0) is 6.18 Å². The minimum absolute atomic E-state index is 0.172. The van der Waals surface area contributed by atoms with Gasteiger partial charge in [-0.3, -0.25) is 25.0 Å². The second kappa shape index (κ2) is 5.51. The summed E-state index contributed by atoms with van der Waals surface area (Å²) in [7, 11) is 0. The lowest BCUT2D eigenvalue weighted by atomic mass is 10.0. The summed E-state index contributed by atoms with van der Waals surface area (Å²) in [4.78, 5) is 30.2. The van der Waals surface area contributed by atoms with E-state index in [1.54, 1.807) is 0 Å². The van der Waals surface area contributed by atoms with Crippen LogP contribution in [0.25, 0.3) is 11.3 Å². The molecule has 1 heterocycles. The third-order valence-corrected chi connectivity index (χ3v) is 2.81. The van der Waals surface area contributed by atoms with Crippen LogP contribution < -0.4 is 0 Å². The molecule has 11 heteroatoms. The molecule has 0 N–H and O–H groups in total.